The van der Waals surface area contributed by atoms with Gasteiger partial charge in [0.25, 0.3) is 10.0 Å². The number of rotatable bonds is 13. The van der Waals surface area contributed by atoms with Gasteiger partial charge in [-0.2, -0.15) is 0 Å². The Morgan fingerprint density at radius 1 is 0.927 bits per heavy atom. The third-order valence-corrected chi connectivity index (χ3v) is 8.66. The third kappa shape index (κ3) is 8.38. The first-order chi connectivity index (χ1) is 19.4. The molecule has 220 valence electrons. The lowest BCUT2D eigenvalue weighted by atomic mass is 10.1. The fraction of sp³-hybridized carbons (Fsp3) is 0.333. The minimum atomic E-state index is -4.27. The molecule has 1 N–H and O–H groups in total. The Kier molecular flexibility index (Phi) is 11.5. The predicted molar refractivity (Wildman–Crippen MR) is 163 cm³/mol. The first kappa shape index (κ1) is 32.2. The van der Waals surface area contributed by atoms with Crippen molar-refractivity contribution in [2.24, 2.45) is 5.92 Å². The second-order valence-corrected chi connectivity index (χ2v) is 12.5. The number of carbonyl (C=O) groups excluding carboxylic acids is 2. The number of benzene rings is 3. The van der Waals surface area contributed by atoms with E-state index in [-0.39, 0.29) is 35.6 Å². The van der Waals surface area contributed by atoms with Gasteiger partial charge in [0.1, 0.15) is 18.3 Å². The minimum absolute atomic E-state index is 0.00326. The van der Waals surface area contributed by atoms with E-state index < -0.39 is 28.5 Å². The number of halogens is 2. The van der Waals surface area contributed by atoms with Crippen molar-refractivity contribution in [1.29, 1.82) is 0 Å². The second kappa shape index (κ2) is 14.6. The largest absolute Gasteiger partial charge is 0.492 e. The molecule has 3 aromatic carbocycles. The molecule has 0 unspecified atom stereocenters. The normalized spacial score (nSPS) is 12.1. The first-order valence-electron chi connectivity index (χ1n) is 13.3. The molecule has 0 bridgehead atoms. The maximum absolute atomic E-state index is 14.1. The van der Waals surface area contributed by atoms with E-state index in [2.05, 4.69) is 5.32 Å². The molecule has 0 aliphatic heterocycles. The van der Waals surface area contributed by atoms with Crippen LogP contribution in [0.25, 0.3) is 0 Å². The summed E-state index contributed by atoms with van der Waals surface area (Å²) in [4.78, 5) is 28.5. The third-order valence-electron chi connectivity index (χ3n) is 6.26. The van der Waals surface area contributed by atoms with Crippen LogP contribution in [0.3, 0.4) is 0 Å². The molecule has 0 radical (unpaired) electrons. The van der Waals surface area contributed by atoms with Gasteiger partial charge >= 0.3 is 0 Å². The summed E-state index contributed by atoms with van der Waals surface area (Å²) in [7, 11) is -4.27. The molecule has 1 atom stereocenters. The SMILES string of the molecule is CCOc1ccccc1N(CC(=O)N(Cc1ccccc1Cl)[C@@H](C)C(=O)NCC(C)C)S(=O)(=O)c1ccc(Cl)cc1. The topological polar surface area (TPSA) is 96.0 Å². The Morgan fingerprint density at radius 3 is 2.20 bits per heavy atom. The average molecular weight is 621 g/mol. The van der Waals surface area contributed by atoms with E-state index in [0.29, 0.717) is 27.9 Å². The highest BCUT2D eigenvalue weighted by Crippen LogP contribution is 2.33. The molecule has 0 aliphatic carbocycles. The van der Waals surface area contributed by atoms with Crippen molar-refractivity contribution in [3.05, 3.63) is 88.4 Å². The van der Waals surface area contributed by atoms with Crippen molar-refractivity contribution in [2.75, 3.05) is 24.0 Å². The molecule has 0 saturated heterocycles. The second-order valence-electron chi connectivity index (χ2n) is 9.79. The van der Waals surface area contributed by atoms with Crippen LogP contribution in [0.1, 0.15) is 33.3 Å². The standard InChI is InChI=1S/C30H35Cl2N3O5S/c1-5-40-28-13-9-8-12-27(28)35(41(38,39)25-16-14-24(31)15-17-25)20-29(36)34(19-23-10-6-7-11-26(23)32)22(4)30(37)33-18-21(2)3/h6-17,21-22H,5,18-20H2,1-4H3,(H,33,37)/t22-/m0/s1. The van der Waals surface area contributed by atoms with Gasteiger partial charge in [-0.15, -0.1) is 0 Å². The van der Waals surface area contributed by atoms with Gasteiger partial charge in [0, 0.05) is 23.1 Å². The van der Waals surface area contributed by atoms with Gasteiger partial charge in [-0.3, -0.25) is 13.9 Å². The van der Waals surface area contributed by atoms with Gasteiger partial charge in [-0.1, -0.05) is 67.4 Å². The Balaban J connectivity index is 2.07. The van der Waals surface area contributed by atoms with Crippen LogP contribution >= 0.6 is 23.2 Å². The van der Waals surface area contributed by atoms with Crippen LogP contribution in [0.4, 0.5) is 5.69 Å². The molecule has 0 spiro atoms. The summed E-state index contributed by atoms with van der Waals surface area (Å²) < 4.78 is 34.7. The number of anilines is 1. The van der Waals surface area contributed by atoms with Gasteiger partial charge in [-0.25, -0.2) is 8.42 Å². The van der Waals surface area contributed by atoms with Crippen molar-refractivity contribution >= 4 is 50.7 Å². The number of nitrogens with one attached hydrogen (secondary N) is 1. The Bertz CT molecular complexity index is 1450. The van der Waals surface area contributed by atoms with Gasteiger partial charge in [0.15, 0.2) is 0 Å². The number of carbonyl (C=O) groups is 2. The van der Waals surface area contributed by atoms with Crippen molar-refractivity contribution < 1.29 is 22.7 Å². The molecule has 0 fully saturated rings. The zero-order valence-corrected chi connectivity index (χ0v) is 25.8. The lowest BCUT2D eigenvalue weighted by molar-refractivity contribution is -0.139. The summed E-state index contributed by atoms with van der Waals surface area (Å²) >= 11 is 12.4. The minimum Gasteiger partial charge on any atom is -0.492 e. The van der Waals surface area contributed by atoms with Crippen LogP contribution < -0.4 is 14.4 Å². The maximum Gasteiger partial charge on any atom is 0.264 e. The van der Waals surface area contributed by atoms with E-state index in [9.17, 15) is 18.0 Å². The molecule has 41 heavy (non-hydrogen) atoms. The van der Waals surface area contributed by atoms with Crippen LogP contribution in [-0.4, -0.2) is 50.9 Å². The van der Waals surface area contributed by atoms with E-state index >= 15 is 0 Å². The fourth-order valence-corrected chi connectivity index (χ4v) is 5.78. The quantitative estimate of drug-likeness (QED) is 0.262. The molecule has 2 amide bonds. The Hall–Kier alpha value is -3.27. The molecule has 0 saturated carbocycles. The highest BCUT2D eigenvalue weighted by Gasteiger charge is 2.34. The smallest absolute Gasteiger partial charge is 0.264 e. The first-order valence-corrected chi connectivity index (χ1v) is 15.5. The number of amides is 2. The van der Waals surface area contributed by atoms with Crippen LogP contribution in [0.5, 0.6) is 5.75 Å². The predicted octanol–water partition coefficient (Wildman–Crippen LogP) is 5.78. The number of sulfonamides is 1. The highest BCUT2D eigenvalue weighted by molar-refractivity contribution is 7.92. The number of hydrogen-bond acceptors (Lipinski definition) is 5. The van der Waals surface area contributed by atoms with Gasteiger partial charge in [0.2, 0.25) is 11.8 Å². The Morgan fingerprint density at radius 2 is 1.56 bits per heavy atom. The van der Waals surface area contributed by atoms with Crippen molar-refractivity contribution in [2.45, 2.75) is 45.2 Å². The monoisotopic (exact) mass is 619 g/mol. The summed E-state index contributed by atoms with van der Waals surface area (Å²) in [6.45, 7) is 7.43. The van der Waals surface area contributed by atoms with E-state index in [0.717, 1.165) is 4.31 Å². The summed E-state index contributed by atoms with van der Waals surface area (Å²) in [6.07, 6.45) is 0. The molecular formula is C30H35Cl2N3O5S. The average Bonchev–Trinajstić information content (AvgIpc) is 2.94. The Labute approximate surface area is 252 Å². The van der Waals surface area contributed by atoms with Crippen LogP contribution in [0.15, 0.2) is 77.7 Å². The zero-order valence-electron chi connectivity index (χ0n) is 23.5. The van der Waals surface area contributed by atoms with Gasteiger partial charge < -0.3 is 15.0 Å². The summed E-state index contributed by atoms with van der Waals surface area (Å²) in [5.41, 5.74) is 0.806. The molecule has 0 aliphatic rings. The molecule has 11 heteroatoms. The lowest BCUT2D eigenvalue weighted by Gasteiger charge is -2.32. The van der Waals surface area contributed by atoms with Crippen LogP contribution in [-0.2, 0) is 26.2 Å². The number of nitrogens with zero attached hydrogens (tertiary/aromatic N) is 2. The van der Waals surface area contributed by atoms with E-state index in [1.54, 1.807) is 62.4 Å². The van der Waals surface area contributed by atoms with Crippen molar-refractivity contribution in [3.8, 4) is 5.75 Å². The molecule has 0 heterocycles. The fourth-order valence-electron chi connectivity index (χ4n) is 4.03. The van der Waals surface area contributed by atoms with E-state index in [4.69, 9.17) is 27.9 Å². The summed E-state index contributed by atoms with van der Waals surface area (Å²) in [5.74, 6) is -0.462. The van der Waals surface area contributed by atoms with Gasteiger partial charge in [0.05, 0.1) is 17.2 Å². The summed E-state index contributed by atoms with van der Waals surface area (Å²) in [6, 6.07) is 18.4. The van der Waals surface area contributed by atoms with Crippen molar-refractivity contribution in [3.63, 3.8) is 0 Å². The molecule has 8 nitrogen and oxygen atoms in total. The molecular weight excluding hydrogens is 585 g/mol. The van der Waals surface area contributed by atoms with E-state index in [1.807, 2.05) is 13.8 Å². The highest BCUT2D eigenvalue weighted by atomic mass is 35.5. The number of hydrogen-bond donors (Lipinski definition) is 1. The van der Waals surface area contributed by atoms with Gasteiger partial charge in [-0.05, 0) is 67.8 Å². The van der Waals surface area contributed by atoms with Crippen molar-refractivity contribution in [1.82, 2.24) is 10.2 Å². The molecule has 3 rings (SSSR count). The molecule has 0 aromatic heterocycles. The summed E-state index contributed by atoms with van der Waals surface area (Å²) in [5, 5.41) is 3.65. The molecule has 3 aromatic rings. The number of para-hydroxylation sites is 2. The maximum atomic E-state index is 14.1. The zero-order chi connectivity index (χ0) is 30.2. The van der Waals surface area contributed by atoms with Crippen LogP contribution in [0, 0.1) is 5.92 Å². The van der Waals surface area contributed by atoms with Crippen LogP contribution in [0.2, 0.25) is 10.0 Å². The number of ether oxygens (including phenoxy) is 1. The van der Waals surface area contributed by atoms with E-state index in [1.165, 1.54) is 29.2 Å². The lowest BCUT2D eigenvalue weighted by Crippen LogP contribution is -2.51.